The van der Waals surface area contributed by atoms with Gasteiger partial charge in [0.25, 0.3) is 0 Å². The first kappa shape index (κ1) is 18.6. The lowest BCUT2D eigenvalue weighted by atomic mass is 9.75. The zero-order chi connectivity index (χ0) is 19.8. The number of benzene rings is 2. The summed E-state index contributed by atoms with van der Waals surface area (Å²) in [6.07, 6.45) is 5.17. The molecule has 1 heterocycles. The van der Waals surface area contributed by atoms with Crippen LogP contribution in [0.25, 0.3) is 0 Å². The minimum Gasteiger partial charge on any atom is -0.465 e. The number of halogens is 1. The lowest BCUT2D eigenvalue weighted by Gasteiger charge is -2.38. The van der Waals surface area contributed by atoms with E-state index in [-0.39, 0.29) is 29.8 Å². The molecule has 2 aromatic carbocycles. The van der Waals surface area contributed by atoms with Crippen LogP contribution in [0.1, 0.15) is 50.2 Å². The Labute approximate surface area is 168 Å². The van der Waals surface area contributed by atoms with Crippen LogP contribution >= 0.6 is 11.6 Å². The van der Waals surface area contributed by atoms with Gasteiger partial charge in [0.1, 0.15) is 0 Å². The summed E-state index contributed by atoms with van der Waals surface area (Å²) in [6, 6.07) is 10.8. The summed E-state index contributed by atoms with van der Waals surface area (Å²) >= 11 is 6.49. The number of hydrogen-bond donors (Lipinski definition) is 1. The molecule has 0 bridgehead atoms. The Balaban J connectivity index is 1.77. The topological polar surface area (TPSA) is 64.6 Å². The van der Waals surface area contributed by atoms with Crippen molar-refractivity contribution in [3.8, 4) is 0 Å². The number of anilines is 1. The number of rotatable bonds is 3. The van der Waals surface area contributed by atoms with Crippen molar-refractivity contribution < 1.29 is 19.1 Å². The van der Waals surface area contributed by atoms with E-state index in [9.17, 15) is 9.59 Å². The quantitative estimate of drug-likeness (QED) is 0.598. The second-order valence-electron chi connectivity index (χ2n) is 6.96. The molecular formula is C22H20ClNO4. The molecule has 0 radical (unpaired) electrons. The SMILES string of the molecule is COC(=O)c1ccc([C@@H]2Nc3c(Cl)ccc(C(=O)OC)c3[C@@H]3C=CC[C@H]32)cc1. The standard InChI is InChI=1S/C22H20ClNO4/c1-27-21(25)13-8-6-12(7-9-13)19-15-5-3-4-14(15)18-16(22(26)28-2)10-11-17(23)20(18)24-19/h3-4,6-11,14-15,19,24H,5H2,1-2H3/t14-,15-,19+/m1/s1. The molecule has 0 amide bonds. The van der Waals surface area contributed by atoms with E-state index in [0.29, 0.717) is 16.1 Å². The van der Waals surface area contributed by atoms with Crippen molar-refractivity contribution >= 4 is 29.2 Å². The zero-order valence-corrected chi connectivity index (χ0v) is 16.3. The first-order chi connectivity index (χ1) is 13.5. The Morgan fingerprint density at radius 1 is 1.04 bits per heavy atom. The van der Waals surface area contributed by atoms with E-state index in [4.69, 9.17) is 21.1 Å². The van der Waals surface area contributed by atoms with Crippen LogP contribution in [-0.2, 0) is 9.47 Å². The van der Waals surface area contributed by atoms with Crippen LogP contribution in [0.3, 0.4) is 0 Å². The maximum absolute atomic E-state index is 12.3. The fourth-order valence-corrected chi connectivity index (χ4v) is 4.46. The van der Waals surface area contributed by atoms with Gasteiger partial charge in [0.2, 0.25) is 0 Å². The first-order valence-electron chi connectivity index (χ1n) is 9.07. The molecule has 2 aromatic rings. The Bertz CT molecular complexity index is 967. The molecule has 0 spiro atoms. The van der Waals surface area contributed by atoms with Crippen molar-refractivity contribution in [3.05, 3.63) is 75.8 Å². The molecule has 5 nitrogen and oxygen atoms in total. The largest absolute Gasteiger partial charge is 0.465 e. The number of allylic oxidation sites excluding steroid dienone is 2. The smallest absolute Gasteiger partial charge is 0.338 e. The van der Waals surface area contributed by atoms with Crippen LogP contribution in [0.4, 0.5) is 5.69 Å². The highest BCUT2D eigenvalue weighted by Gasteiger charge is 2.41. The first-order valence-corrected chi connectivity index (χ1v) is 9.45. The maximum Gasteiger partial charge on any atom is 0.338 e. The van der Waals surface area contributed by atoms with Gasteiger partial charge in [-0.3, -0.25) is 0 Å². The highest BCUT2D eigenvalue weighted by molar-refractivity contribution is 6.33. The van der Waals surface area contributed by atoms with E-state index in [2.05, 4.69) is 17.5 Å². The minimum atomic E-state index is -0.366. The fraction of sp³-hybridized carbons (Fsp3) is 0.273. The molecule has 0 unspecified atom stereocenters. The summed E-state index contributed by atoms with van der Waals surface area (Å²) in [6.45, 7) is 0. The molecule has 1 N–H and O–H groups in total. The molecule has 0 aromatic heterocycles. The third kappa shape index (κ3) is 2.96. The van der Waals surface area contributed by atoms with Gasteiger partial charge in [-0.25, -0.2) is 9.59 Å². The van der Waals surface area contributed by atoms with E-state index >= 15 is 0 Å². The Kier molecular flexibility index (Phi) is 4.85. The molecular weight excluding hydrogens is 378 g/mol. The lowest BCUT2D eigenvalue weighted by molar-refractivity contribution is 0.0591. The summed E-state index contributed by atoms with van der Waals surface area (Å²) in [5.74, 6) is -0.429. The molecule has 28 heavy (non-hydrogen) atoms. The number of hydrogen-bond acceptors (Lipinski definition) is 5. The molecule has 0 saturated heterocycles. The van der Waals surface area contributed by atoms with E-state index in [0.717, 1.165) is 23.2 Å². The van der Waals surface area contributed by atoms with Crippen LogP contribution in [-0.4, -0.2) is 26.2 Å². The molecule has 1 aliphatic carbocycles. The summed E-state index contributed by atoms with van der Waals surface area (Å²) < 4.78 is 9.74. The minimum absolute atomic E-state index is 0.00425. The second kappa shape index (κ2) is 7.32. The van der Waals surface area contributed by atoms with Gasteiger partial charge >= 0.3 is 11.9 Å². The number of fused-ring (bicyclic) bond motifs is 3. The molecule has 144 valence electrons. The van der Waals surface area contributed by atoms with Gasteiger partial charge in [-0.1, -0.05) is 35.9 Å². The summed E-state index contributed by atoms with van der Waals surface area (Å²) in [4.78, 5) is 24.0. The highest BCUT2D eigenvalue weighted by Crippen LogP contribution is 2.52. The van der Waals surface area contributed by atoms with Crippen molar-refractivity contribution in [2.45, 2.75) is 18.4 Å². The van der Waals surface area contributed by atoms with E-state index < -0.39 is 0 Å². The Hall–Kier alpha value is -2.79. The van der Waals surface area contributed by atoms with Crippen LogP contribution in [0.15, 0.2) is 48.6 Å². The predicted molar refractivity (Wildman–Crippen MR) is 107 cm³/mol. The average molecular weight is 398 g/mol. The number of nitrogens with one attached hydrogen (secondary N) is 1. The van der Waals surface area contributed by atoms with Gasteiger partial charge in [0.15, 0.2) is 0 Å². The molecule has 6 heteroatoms. The summed E-state index contributed by atoms with van der Waals surface area (Å²) in [5.41, 5.74) is 3.75. The van der Waals surface area contributed by atoms with E-state index in [1.165, 1.54) is 14.2 Å². The molecule has 1 aliphatic heterocycles. The number of methoxy groups -OCH3 is 2. The van der Waals surface area contributed by atoms with Gasteiger partial charge in [-0.2, -0.15) is 0 Å². The van der Waals surface area contributed by atoms with Gasteiger partial charge in [0, 0.05) is 5.92 Å². The van der Waals surface area contributed by atoms with Gasteiger partial charge < -0.3 is 14.8 Å². The Morgan fingerprint density at radius 2 is 1.75 bits per heavy atom. The van der Waals surface area contributed by atoms with Gasteiger partial charge in [-0.05, 0) is 47.7 Å². The van der Waals surface area contributed by atoms with Gasteiger partial charge in [0.05, 0.1) is 42.1 Å². The van der Waals surface area contributed by atoms with Crippen molar-refractivity contribution in [1.82, 2.24) is 0 Å². The third-order valence-corrected chi connectivity index (χ3v) is 5.88. The average Bonchev–Trinajstić information content (AvgIpc) is 3.22. The van der Waals surface area contributed by atoms with E-state index in [1.54, 1.807) is 24.3 Å². The molecule has 4 rings (SSSR count). The van der Waals surface area contributed by atoms with Crippen molar-refractivity contribution in [3.63, 3.8) is 0 Å². The van der Waals surface area contributed by atoms with Crippen LogP contribution in [0.5, 0.6) is 0 Å². The van der Waals surface area contributed by atoms with Crippen molar-refractivity contribution in [2.24, 2.45) is 5.92 Å². The molecule has 2 aliphatic rings. The number of carbonyl (C=O) groups excluding carboxylic acids is 2. The maximum atomic E-state index is 12.3. The van der Waals surface area contributed by atoms with Crippen LogP contribution < -0.4 is 5.32 Å². The Morgan fingerprint density at radius 3 is 2.43 bits per heavy atom. The monoisotopic (exact) mass is 397 g/mol. The molecule has 0 saturated carbocycles. The van der Waals surface area contributed by atoms with Crippen LogP contribution in [0, 0.1) is 5.92 Å². The van der Waals surface area contributed by atoms with Gasteiger partial charge in [-0.15, -0.1) is 0 Å². The second-order valence-corrected chi connectivity index (χ2v) is 7.37. The zero-order valence-electron chi connectivity index (χ0n) is 15.6. The summed E-state index contributed by atoms with van der Waals surface area (Å²) in [5, 5.41) is 4.11. The number of carbonyl (C=O) groups is 2. The lowest BCUT2D eigenvalue weighted by Crippen LogP contribution is -2.30. The van der Waals surface area contributed by atoms with Crippen molar-refractivity contribution in [2.75, 3.05) is 19.5 Å². The summed E-state index contributed by atoms with van der Waals surface area (Å²) in [7, 11) is 2.75. The van der Waals surface area contributed by atoms with E-state index in [1.807, 2.05) is 12.1 Å². The van der Waals surface area contributed by atoms with Crippen LogP contribution in [0.2, 0.25) is 5.02 Å². The fourth-order valence-electron chi connectivity index (χ4n) is 4.24. The normalized spacial score (nSPS) is 22.0. The van der Waals surface area contributed by atoms with Crippen molar-refractivity contribution in [1.29, 1.82) is 0 Å². The molecule has 0 fully saturated rings. The molecule has 3 atom stereocenters. The number of esters is 2. The predicted octanol–water partition coefficient (Wildman–Crippen LogP) is 4.74. The third-order valence-electron chi connectivity index (χ3n) is 5.57. The number of ether oxygens (including phenoxy) is 2. The highest BCUT2D eigenvalue weighted by atomic mass is 35.5.